The van der Waals surface area contributed by atoms with Crippen LogP contribution in [0.2, 0.25) is 0 Å². The standard InChI is InChI=1S/C25H33F2N6O8P.C16H22F2N5O6P/c1-6-37-19-17-18(30-23(28)31-19)33(13-29-17)22-24(5,26)21(35)25(27,40-22)12-38-42(36,41-16-10-8-7-9-11-16)32-15(4)20(34)39-14(2)3;1-5-25-11-9-10(21-14(19)22-11)23(7-20-9)13-15(4,17)12-16(18,27-13)6-26-30(24,29-12)28-8(2)3/h7-11,13-15,21-22,35H,6,12H2,1-5H3,(H,32,36)(H2,28,30,31);7-8,12-13H,5-6H2,1-4H3,(H2,19,21,22)/t15?,21-,22+,24+,25+,42+;12-,13+,15+,16+,30?/m00/s1. The number of anilines is 2. The highest BCUT2D eigenvalue weighted by atomic mass is 31.2. The summed E-state index contributed by atoms with van der Waals surface area (Å²) >= 11 is 0. The number of hydrogen-bond donors (Lipinski definition) is 4. The second-order valence-corrected chi connectivity index (χ2v) is 20.6. The number of phosphoric acid groups is 1. The topological polar surface area (TPSA) is 315 Å². The summed E-state index contributed by atoms with van der Waals surface area (Å²) in [5.74, 6) is -6.97. The number of rotatable bonds is 17. The highest BCUT2D eigenvalue weighted by molar-refractivity contribution is 7.52. The van der Waals surface area contributed by atoms with E-state index in [1.54, 1.807) is 59.7 Å². The molecular weight excluding hydrogens is 1010 g/mol. The van der Waals surface area contributed by atoms with Gasteiger partial charge in [-0.05, 0) is 74.4 Å². The van der Waals surface area contributed by atoms with Crippen molar-refractivity contribution in [2.45, 2.75) is 128 Å². The minimum Gasteiger partial charge on any atom is -0.476 e. The Kier molecular flexibility index (Phi) is 15.5. The lowest BCUT2D eigenvalue weighted by atomic mass is 9.97. The number of esters is 1. The number of fused-ring (bicyclic) bond motifs is 3. The van der Waals surface area contributed by atoms with Gasteiger partial charge in [0.1, 0.15) is 25.0 Å². The average molecular weight is 1060 g/mol. The summed E-state index contributed by atoms with van der Waals surface area (Å²) in [6.07, 6.45) is -6.49. The summed E-state index contributed by atoms with van der Waals surface area (Å²) < 4.78 is 145. The third-order valence-electron chi connectivity index (χ3n) is 10.8. The first-order valence-electron chi connectivity index (χ1n) is 22.3. The number of halogens is 4. The molecule has 0 aliphatic carbocycles. The van der Waals surface area contributed by atoms with Crippen LogP contribution in [-0.2, 0) is 46.2 Å². The first kappa shape index (κ1) is 54.4. The molecule has 11 atom stereocenters. The van der Waals surface area contributed by atoms with Crippen LogP contribution in [-0.4, -0.2) is 130 Å². The number of nitrogen functional groups attached to an aromatic ring is 2. The highest BCUT2D eigenvalue weighted by Crippen LogP contribution is 2.64. The van der Waals surface area contributed by atoms with Crippen molar-refractivity contribution < 1.29 is 82.9 Å². The lowest BCUT2D eigenvalue weighted by Gasteiger charge is -2.36. The Labute approximate surface area is 408 Å². The van der Waals surface area contributed by atoms with Gasteiger partial charge in [0.15, 0.2) is 58.3 Å². The summed E-state index contributed by atoms with van der Waals surface area (Å²) in [5.41, 5.74) is 6.52. The van der Waals surface area contributed by atoms with Crippen molar-refractivity contribution in [1.82, 2.24) is 44.1 Å². The molecule has 5 aromatic rings. The van der Waals surface area contributed by atoms with Gasteiger partial charge < -0.3 is 44.8 Å². The molecule has 0 amide bonds. The molecule has 31 heteroatoms. The van der Waals surface area contributed by atoms with Crippen molar-refractivity contribution in [3.05, 3.63) is 43.0 Å². The van der Waals surface area contributed by atoms with Crippen LogP contribution >= 0.6 is 15.6 Å². The van der Waals surface area contributed by atoms with E-state index in [0.29, 0.717) is 0 Å². The van der Waals surface area contributed by atoms with Crippen molar-refractivity contribution in [3.63, 3.8) is 0 Å². The van der Waals surface area contributed by atoms with Gasteiger partial charge in [0, 0.05) is 0 Å². The van der Waals surface area contributed by atoms with Crippen LogP contribution in [0.1, 0.15) is 74.8 Å². The maximum Gasteiger partial charge on any atom is 0.475 e. The number of para-hydroxylation sites is 1. The molecule has 396 valence electrons. The van der Waals surface area contributed by atoms with Gasteiger partial charge in [-0.15, -0.1) is 0 Å². The third-order valence-corrected chi connectivity index (χ3v) is 14.0. The van der Waals surface area contributed by atoms with E-state index in [0.717, 1.165) is 29.3 Å². The molecule has 6 N–H and O–H groups in total. The van der Waals surface area contributed by atoms with E-state index in [9.17, 15) is 19.0 Å². The largest absolute Gasteiger partial charge is 0.476 e. The van der Waals surface area contributed by atoms with Crippen LogP contribution in [0.5, 0.6) is 17.5 Å². The van der Waals surface area contributed by atoms with E-state index in [-0.39, 0.29) is 64.9 Å². The summed E-state index contributed by atoms with van der Waals surface area (Å²) in [6.45, 7) is 11.6. The monoisotopic (exact) mass is 1060 g/mol. The number of imidazole rings is 2. The maximum absolute atomic E-state index is 16.2. The minimum absolute atomic E-state index is 0.0166. The van der Waals surface area contributed by atoms with Gasteiger partial charge in [0.05, 0.1) is 38.1 Å². The summed E-state index contributed by atoms with van der Waals surface area (Å²) in [4.78, 5) is 36.7. The van der Waals surface area contributed by atoms with Crippen molar-refractivity contribution in [2.24, 2.45) is 0 Å². The zero-order chi connectivity index (χ0) is 52.8. The Hall–Kier alpha value is -5.35. The fourth-order valence-corrected chi connectivity index (χ4v) is 10.8. The van der Waals surface area contributed by atoms with Crippen LogP contribution in [0.3, 0.4) is 0 Å². The van der Waals surface area contributed by atoms with E-state index in [1.165, 1.54) is 25.4 Å². The molecule has 0 saturated carbocycles. The fraction of sp³-hybridized carbons (Fsp3) is 0.585. The number of alkyl halides is 4. The number of carbonyl (C=O) groups excluding carboxylic acids is 1. The number of carbonyl (C=O) groups is 1. The van der Waals surface area contributed by atoms with Crippen molar-refractivity contribution in [1.29, 1.82) is 0 Å². The number of nitrogens with zero attached hydrogens (tertiary/aromatic N) is 8. The molecule has 25 nitrogen and oxygen atoms in total. The molecule has 3 saturated heterocycles. The van der Waals surface area contributed by atoms with E-state index in [1.807, 2.05) is 0 Å². The maximum atomic E-state index is 16.2. The van der Waals surface area contributed by atoms with Gasteiger partial charge in [-0.25, -0.2) is 36.7 Å². The molecule has 1 aromatic carbocycles. The predicted molar refractivity (Wildman–Crippen MR) is 244 cm³/mol. The smallest absolute Gasteiger partial charge is 0.475 e. The van der Waals surface area contributed by atoms with E-state index < -0.39 is 101 Å². The molecule has 0 bridgehead atoms. The number of nitrogens with two attached hydrogens (primary N) is 2. The normalized spacial score (nSPS) is 30.4. The predicted octanol–water partition coefficient (Wildman–Crippen LogP) is 5.90. The molecule has 3 fully saturated rings. The van der Waals surface area contributed by atoms with Gasteiger partial charge in [-0.2, -0.15) is 25.0 Å². The molecular formula is C41H55F4N11O14P2. The Morgan fingerprint density at radius 1 is 0.875 bits per heavy atom. The van der Waals surface area contributed by atoms with E-state index >= 15 is 17.6 Å². The van der Waals surface area contributed by atoms with Gasteiger partial charge in [0.2, 0.25) is 23.7 Å². The molecule has 72 heavy (non-hydrogen) atoms. The molecule has 3 aliphatic heterocycles. The van der Waals surface area contributed by atoms with Crippen LogP contribution in [0, 0.1) is 0 Å². The van der Waals surface area contributed by atoms with Gasteiger partial charge in [0.25, 0.3) is 11.7 Å². The zero-order valence-corrected chi connectivity index (χ0v) is 42.1. The van der Waals surface area contributed by atoms with Gasteiger partial charge in [-0.1, -0.05) is 18.2 Å². The number of nitrogens with one attached hydrogen (secondary N) is 1. The van der Waals surface area contributed by atoms with Gasteiger partial charge >= 0.3 is 21.5 Å². The quantitative estimate of drug-likeness (QED) is 0.0478. The molecule has 4 aromatic heterocycles. The van der Waals surface area contributed by atoms with Crippen LogP contribution in [0.15, 0.2) is 43.0 Å². The van der Waals surface area contributed by atoms with Crippen LogP contribution < -0.4 is 30.6 Å². The fourth-order valence-electron chi connectivity index (χ4n) is 7.68. The van der Waals surface area contributed by atoms with Crippen molar-refractivity contribution >= 4 is 55.8 Å². The molecule has 7 heterocycles. The summed E-state index contributed by atoms with van der Waals surface area (Å²) in [5, 5.41) is 13.2. The molecule has 8 rings (SSSR count). The lowest BCUT2D eigenvalue weighted by Crippen LogP contribution is -2.51. The van der Waals surface area contributed by atoms with Crippen molar-refractivity contribution in [2.75, 3.05) is 37.9 Å². The number of phosphoric ester groups is 1. The summed E-state index contributed by atoms with van der Waals surface area (Å²) in [7, 11) is -8.76. The van der Waals surface area contributed by atoms with Crippen LogP contribution in [0.25, 0.3) is 22.3 Å². The number of aliphatic hydroxyl groups excluding tert-OH is 1. The Balaban J connectivity index is 0.000000223. The number of benzene rings is 1. The molecule has 0 radical (unpaired) electrons. The lowest BCUT2D eigenvalue weighted by molar-refractivity contribution is -0.220. The zero-order valence-electron chi connectivity index (χ0n) is 40.3. The number of aliphatic hydroxyl groups is 1. The molecule has 2 unspecified atom stereocenters. The number of ether oxygens (including phenoxy) is 5. The number of aromatic nitrogens is 8. The summed E-state index contributed by atoms with van der Waals surface area (Å²) in [6, 6.07) is 6.50. The number of hydrogen-bond acceptors (Lipinski definition) is 22. The highest BCUT2D eigenvalue weighted by Gasteiger charge is 2.71. The minimum atomic E-state index is -4.58. The van der Waals surface area contributed by atoms with E-state index in [2.05, 4.69) is 35.0 Å². The average Bonchev–Trinajstić information content (AvgIpc) is 4.00. The Bertz CT molecular complexity index is 2850. The second-order valence-electron chi connectivity index (χ2n) is 17.4. The van der Waals surface area contributed by atoms with Gasteiger partial charge in [-0.3, -0.25) is 32.0 Å². The van der Waals surface area contributed by atoms with Crippen molar-refractivity contribution in [3.8, 4) is 17.5 Å². The van der Waals surface area contributed by atoms with E-state index in [4.69, 9.17) is 57.8 Å². The Morgan fingerprint density at radius 3 is 1.93 bits per heavy atom. The SMILES string of the molecule is CCOc1nc(N)nc2c1ncn2[C@@H]1O[C@](F)(CO[P@](=O)(NC(C)C(=O)OC(C)C)Oc2ccccc2)[C@@H](O)[C@@]1(C)F.CCOc1nc(N)nc2c1ncn2[C@@H]1O[C@]2(F)COP(=O)(OC(C)C)O[C@H]2[C@@]1(C)F. The first-order chi connectivity index (χ1) is 33.7. The molecule has 0 spiro atoms. The third kappa shape index (κ3) is 11.0. The Morgan fingerprint density at radius 2 is 1.42 bits per heavy atom. The van der Waals surface area contributed by atoms with Crippen LogP contribution in [0.4, 0.5) is 29.5 Å². The molecule has 3 aliphatic rings. The first-order valence-corrected chi connectivity index (χ1v) is 25.3. The second kappa shape index (κ2) is 20.5.